The number of anilines is 1. The molecule has 1 amide bonds. The van der Waals surface area contributed by atoms with Crippen LogP contribution in [0.4, 0.5) is 5.69 Å². The standard InChI is InChI=1S/C17H19ClN2O/c1-11(2)13-5-3-12(4-6-13)10-20-17(21)15-9-14(19)7-8-16(15)18/h3-9,11H,10,19H2,1-2H3,(H,20,21). The Bertz CT molecular complexity index is 636. The molecule has 110 valence electrons. The molecule has 0 spiro atoms. The molecule has 2 aromatic rings. The normalized spacial score (nSPS) is 10.7. The van der Waals surface area contributed by atoms with E-state index in [0.717, 1.165) is 5.56 Å². The molecule has 0 aromatic heterocycles. The molecule has 0 fully saturated rings. The third kappa shape index (κ3) is 3.99. The fourth-order valence-electron chi connectivity index (χ4n) is 2.01. The molecule has 3 N–H and O–H groups in total. The average molecular weight is 303 g/mol. The van der Waals surface area contributed by atoms with E-state index in [2.05, 4.69) is 31.3 Å². The zero-order valence-corrected chi connectivity index (χ0v) is 12.9. The molecular weight excluding hydrogens is 284 g/mol. The van der Waals surface area contributed by atoms with E-state index in [1.54, 1.807) is 18.2 Å². The lowest BCUT2D eigenvalue weighted by atomic mass is 10.0. The first-order chi connectivity index (χ1) is 9.97. The van der Waals surface area contributed by atoms with E-state index in [9.17, 15) is 4.79 Å². The zero-order chi connectivity index (χ0) is 15.4. The van der Waals surface area contributed by atoms with Gasteiger partial charge in [-0.25, -0.2) is 0 Å². The lowest BCUT2D eigenvalue weighted by Crippen LogP contribution is -2.23. The molecule has 2 rings (SSSR count). The monoisotopic (exact) mass is 302 g/mol. The van der Waals surface area contributed by atoms with Gasteiger partial charge in [0, 0.05) is 12.2 Å². The largest absolute Gasteiger partial charge is 0.399 e. The summed E-state index contributed by atoms with van der Waals surface area (Å²) in [5.41, 5.74) is 8.93. The highest BCUT2D eigenvalue weighted by Crippen LogP contribution is 2.19. The van der Waals surface area contributed by atoms with Gasteiger partial charge in [0.2, 0.25) is 0 Å². The highest BCUT2D eigenvalue weighted by Gasteiger charge is 2.10. The van der Waals surface area contributed by atoms with Crippen molar-refractivity contribution in [3.05, 3.63) is 64.2 Å². The fourth-order valence-corrected chi connectivity index (χ4v) is 2.22. The lowest BCUT2D eigenvalue weighted by Gasteiger charge is -2.09. The van der Waals surface area contributed by atoms with Crippen LogP contribution in [0.3, 0.4) is 0 Å². The molecule has 0 atom stereocenters. The molecule has 21 heavy (non-hydrogen) atoms. The topological polar surface area (TPSA) is 55.1 Å². The van der Waals surface area contributed by atoms with E-state index in [4.69, 9.17) is 17.3 Å². The van der Waals surface area contributed by atoms with Crippen molar-refractivity contribution in [3.8, 4) is 0 Å². The zero-order valence-electron chi connectivity index (χ0n) is 12.2. The van der Waals surface area contributed by atoms with Gasteiger partial charge in [0.05, 0.1) is 10.6 Å². The molecule has 0 heterocycles. The minimum absolute atomic E-state index is 0.222. The number of benzene rings is 2. The van der Waals surface area contributed by atoms with Crippen LogP contribution < -0.4 is 11.1 Å². The van der Waals surface area contributed by atoms with Crippen molar-refractivity contribution in [1.82, 2.24) is 5.32 Å². The Balaban J connectivity index is 2.02. The van der Waals surface area contributed by atoms with Crippen LogP contribution in [-0.2, 0) is 6.54 Å². The van der Waals surface area contributed by atoms with E-state index in [1.165, 1.54) is 5.56 Å². The van der Waals surface area contributed by atoms with E-state index in [1.807, 2.05) is 12.1 Å². The van der Waals surface area contributed by atoms with Crippen LogP contribution in [0.5, 0.6) is 0 Å². The molecule has 0 radical (unpaired) electrons. The van der Waals surface area contributed by atoms with Crippen LogP contribution >= 0.6 is 11.6 Å². The smallest absolute Gasteiger partial charge is 0.253 e. The highest BCUT2D eigenvalue weighted by molar-refractivity contribution is 6.34. The number of amides is 1. The van der Waals surface area contributed by atoms with Gasteiger partial charge in [0.1, 0.15) is 0 Å². The molecule has 4 heteroatoms. The van der Waals surface area contributed by atoms with Crippen molar-refractivity contribution < 1.29 is 4.79 Å². The Hall–Kier alpha value is -2.00. The molecule has 0 aliphatic carbocycles. The molecule has 2 aromatic carbocycles. The van der Waals surface area contributed by atoms with Gasteiger partial charge >= 0.3 is 0 Å². The molecule has 0 aliphatic rings. The fraction of sp³-hybridized carbons (Fsp3) is 0.235. The number of carbonyl (C=O) groups excluding carboxylic acids is 1. The van der Waals surface area contributed by atoms with Crippen molar-refractivity contribution in [3.63, 3.8) is 0 Å². The van der Waals surface area contributed by atoms with Gasteiger partial charge in [-0.15, -0.1) is 0 Å². The summed E-state index contributed by atoms with van der Waals surface area (Å²) < 4.78 is 0. The second-order valence-corrected chi connectivity index (χ2v) is 5.73. The van der Waals surface area contributed by atoms with Crippen molar-refractivity contribution in [1.29, 1.82) is 0 Å². The lowest BCUT2D eigenvalue weighted by molar-refractivity contribution is 0.0951. The SMILES string of the molecule is CC(C)c1ccc(CNC(=O)c2cc(N)ccc2Cl)cc1. The van der Waals surface area contributed by atoms with E-state index in [0.29, 0.717) is 28.7 Å². The van der Waals surface area contributed by atoms with Crippen LogP contribution in [0.1, 0.15) is 41.3 Å². The minimum Gasteiger partial charge on any atom is -0.399 e. The summed E-state index contributed by atoms with van der Waals surface area (Å²) in [4.78, 5) is 12.1. The maximum atomic E-state index is 12.1. The number of hydrogen-bond donors (Lipinski definition) is 2. The number of halogens is 1. The number of rotatable bonds is 4. The van der Waals surface area contributed by atoms with Crippen molar-refractivity contribution in [2.45, 2.75) is 26.3 Å². The predicted molar refractivity (Wildman–Crippen MR) is 87.6 cm³/mol. The first kappa shape index (κ1) is 15.4. The van der Waals surface area contributed by atoms with Crippen LogP contribution in [0.2, 0.25) is 5.02 Å². The van der Waals surface area contributed by atoms with Gasteiger partial charge in [-0.2, -0.15) is 0 Å². The Morgan fingerprint density at radius 3 is 2.48 bits per heavy atom. The van der Waals surface area contributed by atoms with Crippen molar-refractivity contribution >= 4 is 23.2 Å². The average Bonchev–Trinajstić information content (AvgIpc) is 2.47. The molecule has 0 aliphatic heterocycles. The van der Waals surface area contributed by atoms with Crippen molar-refractivity contribution in [2.75, 3.05) is 5.73 Å². The predicted octanol–water partition coefficient (Wildman–Crippen LogP) is 3.98. The first-order valence-corrected chi connectivity index (χ1v) is 7.27. The summed E-state index contributed by atoms with van der Waals surface area (Å²) in [6, 6.07) is 13.1. The van der Waals surface area contributed by atoms with Gasteiger partial charge < -0.3 is 11.1 Å². The third-order valence-electron chi connectivity index (χ3n) is 3.33. The highest BCUT2D eigenvalue weighted by atomic mass is 35.5. The van der Waals surface area contributed by atoms with Crippen LogP contribution in [-0.4, -0.2) is 5.91 Å². The summed E-state index contributed by atoms with van der Waals surface area (Å²) in [6.45, 7) is 4.76. The molecule has 0 saturated carbocycles. The molecule has 0 saturated heterocycles. The Morgan fingerprint density at radius 1 is 1.19 bits per heavy atom. The van der Waals surface area contributed by atoms with Gasteiger partial charge in [-0.3, -0.25) is 4.79 Å². The van der Waals surface area contributed by atoms with E-state index >= 15 is 0 Å². The van der Waals surface area contributed by atoms with Gasteiger partial charge in [0.25, 0.3) is 5.91 Å². The molecule has 0 unspecified atom stereocenters. The van der Waals surface area contributed by atoms with E-state index < -0.39 is 0 Å². The maximum Gasteiger partial charge on any atom is 0.253 e. The number of hydrogen-bond acceptors (Lipinski definition) is 2. The Morgan fingerprint density at radius 2 is 1.86 bits per heavy atom. The number of nitrogens with one attached hydrogen (secondary N) is 1. The summed E-state index contributed by atoms with van der Waals surface area (Å²) in [5.74, 6) is 0.278. The Kier molecular flexibility index (Phi) is 4.86. The molecule has 3 nitrogen and oxygen atoms in total. The van der Waals surface area contributed by atoms with Crippen molar-refractivity contribution in [2.24, 2.45) is 0 Å². The first-order valence-electron chi connectivity index (χ1n) is 6.89. The van der Waals surface area contributed by atoms with Crippen LogP contribution in [0.25, 0.3) is 0 Å². The molecular formula is C17H19ClN2O. The quantitative estimate of drug-likeness (QED) is 0.839. The summed E-state index contributed by atoms with van der Waals surface area (Å²) >= 11 is 6.01. The van der Waals surface area contributed by atoms with Gasteiger partial charge in [-0.05, 0) is 35.2 Å². The summed E-state index contributed by atoms with van der Waals surface area (Å²) in [5, 5.41) is 3.25. The second kappa shape index (κ2) is 6.64. The molecule has 0 bridgehead atoms. The summed E-state index contributed by atoms with van der Waals surface area (Å²) in [7, 11) is 0. The number of nitrogens with two attached hydrogens (primary N) is 1. The summed E-state index contributed by atoms with van der Waals surface area (Å²) in [6.07, 6.45) is 0. The van der Waals surface area contributed by atoms with Crippen LogP contribution in [0.15, 0.2) is 42.5 Å². The van der Waals surface area contributed by atoms with Gasteiger partial charge in [0.15, 0.2) is 0 Å². The minimum atomic E-state index is -0.222. The maximum absolute atomic E-state index is 12.1. The second-order valence-electron chi connectivity index (χ2n) is 5.32. The van der Waals surface area contributed by atoms with Gasteiger partial charge in [-0.1, -0.05) is 49.7 Å². The number of carbonyl (C=O) groups is 1. The van der Waals surface area contributed by atoms with Crippen LogP contribution in [0, 0.1) is 0 Å². The third-order valence-corrected chi connectivity index (χ3v) is 3.66. The number of nitrogen functional groups attached to an aromatic ring is 1. The Labute approximate surface area is 130 Å². The van der Waals surface area contributed by atoms with E-state index in [-0.39, 0.29) is 5.91 Å².